The smallest absolute Gasteiger partial charge is 0.284 e. The highest BCUT2D eigenvalue weighted by atomic mass is 79.9. The molecule has 7 heteroatoms. The van der Waals surface area contributed by atoms with Gasteiger partial charge in [-0.2, -0.15) is 8.78 Å². The average Bonchev–Trinajstić information content (AvgIpc) is 2.83. The average molecular weight is 366 g/mol. The molecule has 0 saturated heterocycles. The summed E-state index contributed by atoms with van der Waals surface area (Å²) in [4.78, 5) is 0. The van der Waals surface area contributed by atoms with Gasteiger partial charge in [-0.1, -0.05) is 11.8 Å². The van der Waals surface area contributed by atoms with Crippen molar-refractivity contribution in [3.05, 3.63) is 52.1 Å². The molecular formula is C13H11BrF3NOS. The molecule has 0 radical (unpaired) electrons. The number of rotatable bonds is 6. The van der Waals surface area contributed by atoms with Gasteiger partial charge in [0.05, 0.1) is 12.3 Å². The van der Waals surface area contributed by atoms with E-state index < -0.39 is 5.76 Å². The van der Waals surface area contributed by atoms with Crippen LogP contribution >= 0.6 is 27.7 Å². The highest BCUT2D eigenvalue weighted by Crippen LogP contribution is 2.25. The van der Waals surface area contributed by atoms with Crippen LogP contribution in [-0.2, 0) is 12.3 Å². The van der Waals surface area contributed by atoms with Gasteiger partial charge in [0, 0.05) is 10.2 Å². The van der Waals surface area contributed by atoms with Gasteiger partial charge in [0.25, 0.3) is 5.76 Å². The first-order valence-electron chi connectivity index (χ1n) is 5.71. The van der Waals surface area contributed by atoms with Crippen LogP contribution in [0, 0.1) is 5.82 Å². The lowest BCUT2D eigenvalue weighted by molar-refractivity contribution is 0.251. The normalized spacial score (nSPS) is 11.1. The predicted octanol–water partition coefficient (Wildman–Crippen LogP) is 5.25. The van der Waals surface area contributed by atoms with Gasteiger partial charge in [0.2, 0.25) is 0 Å². The van der Waals surface area contributed by atoms with Gasteiger partial charge >= 0.3 is 0 Å². The Bertz CT molecular complexity index is 576. The molecule has 20 heavy (non-hydrogen) atoms. The van der Waals surface area contributed by atoms with Crippen LogP contribution in [0.25, 0.3) is 0 Å². The molecule has 2 aromatic rings. The van der Waals surface area contributed by atoms with Crippen molar-refractivity contribution >= 4 is 33.4 Å². The molecule has 0 saturated carbocycles. The van der Waals surface area contributed by atoms with Gasteiger partial charge in [-0.3, -0.25) is 0 Å². The Hall–Kier alpha value is -1.08. The van der Waals surface area contributed by atoms with Gasteiger partial charge in [0.15, 0.2) is 0 Å². The fraction of sp³-hybridized carbons (Fsp3) is 0.231. The first-order valence-corrected chi connectivity index (χ1v) is 7.55. The van der Waals surface area contributed by atoms with E-state index >= 15 is 0 Å². The van der Waals surface area contributed by atoms with Crippen molar-refractivity contribution in [2.24, 2.45) is 0 Å². The maximum Gasteiger partial charge on any atom is 0.284 e. The summed E-state index contributed by atoms with van der Waals surface area (Å²) in [6.45, 7) is 0.392. The third-order valence-electron chi connectivity index (χ3n) is 2.45. The molecule has 0 spiro atoms. The Morgan fingerprint density at radius 2 is 1.95 bits per heavy atom. The van der Waals surface area contributed by atoms with Crippen molar-refractivity contribution in [3.63, 3.8) is 0 Å². The molecule has 0 unspecified atom stereocenters. The Balaban J connectivity index is 1.90. The second kappa shape index (κ2) is 7.08. The fourth-order valence-corrected chi connectivity index (χ4v) is 2.49. The van der Waals surface area contributed by atoms with Crippen LogP contribution in [0.1, 0.15) is 11.5 Å². The van der Waals surface area contributed by atoms with Gasteiger partial charge in [-0.15, -0.1) is 0 Å². The zero-order valence-electron chi connectivity index (χ0n) is 10.2. The minimum Gasteiger partial charge on any atom is -0.463 e. The quantitative estimate of drug-likeness (QED) is 0.756. The number of hydrogen-bond acceptors (Lipinski definition) is 3. The minimum atomic E-state index is -2.41. The van der Waals surface area contributed by atoms with Crippen molar-refractivity contribution in [3.8, 4) is 0 Å². The Kier molecular flexibility index (Phi) is 5.42. The monoisotopic (exact) mass is 365 g/mol. The predicted molar refractivity (Wildman–Crippen MR) is 77.4 cm³/mol. The molecule has 0 fully saturated rings. The molecule has 1 N–H and O–H groups in total. The minimum absolute atomic E-state index is 0.137. The number of halogens is 4. The summed E-state index contributed by atoms with van der Waals surface area (Å²) >= 11 is 3.77. The van der Waals surface area contributed by atoms with E-state index in [1.54, 1.807) is 18.2 Å². The molecule has 2 nitrogen and oxygen atoms in total. The molecule has 108 valence electrons. The first-order chi connectivity index (χ1) is 9.54. The molecule has 0 aliphatic carbocycles. The lowest BCUT2D eigenvalue weighted by atomic mass is 10.3. The highest BCUT2D eigenvalue weighted by Gasteiger charge is 2.08. The largest absolute Gasteiger partial charge is 0.463 e. The summed E-state index contributed by atoms with van der Waals surface area (Å²) in [5.41, 5.74) is 0.728. The van der Waals surface area contributed by atoms with E-state index in [1.165, 1.54) is 12.1 Å². The van der Waals surface area contributed by atoms with Crippen LogP contribution in [0.5, 0.6) is 0 Å². The third-order valence-corrected chi connectivity index (χ3v) is 3.81. The van der Waals surface area contributed by atoms with Crippen LogP contribution in [0.4, 0.5) is 18.9 Å². The highest BCUT2D eigenvalue weighted by molar-refractivity contribution is 9.10. The van der Waals surface area contributed by atoms with Crippen molar-refractivity contribution in [1.29, 1.82) is 0 Å². The number of furan rings is 1. The molecule has 1 aromatic heterocycles. The van der Waals surface area contributed by atoms with Crippen LogP contribution < -0.4 is 5.32 Å². The number of alkyl halides is 2. The van der Waals surface area contributed by atoms with E-state index in [4.69, 9.17) is 4.42 Å². The second-order valence-electron chi connectivity index (χ2n) is 3.92. The summed E-state index contributed by atoms with van der Waals surface area (Å²) < 4.78 is 43.0. The summed E-state index contributed by atoms with van der Waals surface area (Å²) in [5.74, 6) is -1.46. The molecule has 0 aliphatic rings. The summed E-state index contributed by atoms with van der Waals surface area (Å²) in [6, 6.07) is 7.71. The molecular weight excluding hydrogens is 355 g/mol. The van der Waals surface area contributed by atoms with E-state index in [0.717, 1.165) is 5.69 Å². The first kappa shape index (κ1) is 15.3. The number of nitrogens with one attached hydrogen (secondary N) is 1. The van der Waals surface area contributed by atoms with Crippen molar-refractivity contribution in [2.75, 3.05) is 5.32 Å². The molecule has 2 rings (SSSR count). The number of benzene rings is 1. The standard InChI is InChI=1S/C13H11BrF3NOS/c14-11-5-8(15)1-4-12(11)18-6-9-2-3-10(19-9)7-20-13(16)17/h1-5,13,18H,6-7H2. The topological polar surface area (TPSA) is 25.2 Å². The van der Waals surface area contributed by atoms with E-state index in [2.05, 4.69) is 21.2 Å². The number of anilines is 1. The van der Waals surface area contributed by atoms with E-state index in [-0.39, 0.29) is 11.6 Å². The lowest BCUT2D eigenvalue weighted by Gasteiger charge is -2.06. The maximum absolute atomic E-state index is 12.9. The Morgan fingerprint density at radius 3 is 2.65 bits per heavy atom. The lowest BCUT2D eigenvalue weighted by Crippen LogP contribution is -1.99. The van der Waals surface area contributed by atoms with Gasteiger partial charge in [0.1, 0.15) is 17.3 Å². The SMILES string of the molecule is Fc1ccc(NCc2ccc(CSC(F)F)o2)c(Br)c1. The Labute approximate surface area is 126 Å². The van der Waals surface area contributed by atoms with E-state index in [9.17, 15) is 13.2 Å². The number of thioether (sulfide) groups is 1. The molecule has 0 atom stereocenters. The van der Waals surface area contributed by atoms with E-state index in [1.807, 2.05) is 0 Å². The second-order valence-corrected chi connectivity index (χ2v) is 5.75. The summed E-state index contributed by atoms with van der Waals surface area (Å²) in [7, 11) is 0. The van der Waals surface area contributed by atoms with Crippen LogP contribution in [0.2, 0.25) is 0 Å². The summed E-state index contributed by atoms with van der Waals surface area (Å²) in [6.07, 6.45) is 0. The van der Waals surface area contributed by atoms with Crippen LogP contribution in [0.15, 0.2) is 39.2 Å². The molecule has 1 heterocycles. The zero-order valence-corrected chi connectivity index (χ0v) is 12.6. The van der Waals surface area contributed by atoms with Crippen LogP contribution in [0.3, 0.4) is 0 Å². The molecule has 0 amide bonds. The Morgan fingerprint density at radius 1 is 1.20 bits per heavy atom. The van der Waals surface area contributed by atoms with Gasteiger partial charge in [-0.05, 0) is 46.3 Å². The number of hydrogen-bond donors (Lipinski definition) is 1. The van der Waals surface area contributed by atoms with Gasteiger partial charge < -0.3 is 9.73 Å². The molecule has 0 aliphatic heterocycles. The summed E-state index contributed by atoms with van der Waals surface area (Å²) in [5, 5.41) is 3.07. The maximum atomic E-state index is 12.9. The van der Waals surface area contributed by atoms with Crippen molar-refractivity contribution in [2.45, 2.75) is 18.1 Å². The molecule has 1 aromatic carbocycles. The molecule has 0 bridgehead atoms. The van der Waals surface area contributed by atoms with Crippen molar-refractivity contribution < 1.29 is 17.6 Å². The van der Waals surface area contributed by atoms with E-state index in [0.29, 0.717) is 34.3 Å². The third kappa shape index (κ3) is 4.49. The zero-order chi connectivity index (χ0) is 14.5. The van der Waals surface area contributed by atoms with Crippen molar-refractivity contribution in [1.82, 2.24) is 0 Å². The van der Waals surface area contributed by atoms with Gasteiger partial charge in [-0.25, -0.2) is 4.39 Å². The fourth-order valence-electron chi connectivity index (χ4n) is 1.56. The van der Waals surface area contributed by atoms with Crippen LogP contribution in [-0.4, -0.2) is 5.76 Å².